The van der Waals surface area contributed by atoms with Crippen LogP contribution in [0.3, 0.4) is 0 Å². The van der Waals surface area contributed by atoms with Crippen LogP contribution in [0.15, 0.2) is 48.5 Å². The Kier molecular flexibility index (Phi) is 4.45. The maximum Gasteiger partial charge on any atom is 0.255 e. The van der Waals surface area contributed by atoms with Gasteiger partial charge in [0.05, 0.1) is 0 Å². The zero-order chi connectivity index (χ0) is 16.3. The Labute approximate surface area is 131 Å². The maximum atomic E-state index is 12.2. The molecule has 0 heterocycles. The Morgan fingerprint density at radius 3 is 1.77 bits per heavy atom. The van der Waals surface area contributed by atoms with Gasteiger partial charge in [0.2, 0.25) is 0 Å². The number of benzene rings is 2. The zero-order valence-corrected chi connectivity index (χ0v) is 13.4. The van der Waals surface area contributed by atoms with E-state index in [0.717, 1.165) is 0 Å². The summed E-state index contributed by atoms with van der Waals surface area (Å²) in [4.78, 5) is 23.4. The molecule has 2 rings (SSSR count). The average molecular weight is 295 g/mol. The molecule has 0 bridgehead atoms. The van der Waals surface area contributed by atoms with Crippen LogP contribution in [0.4, 0.5) is 5.69 Å². The van der Waals surface area contributed by atoms with Gasteiger partial charge < -0.3 is 5.32 Å². The Hall–Kier alpha value is -2.42. The summed E-state index contributed by atoms with van der Waals surface area (Å²) in [7, 11) is 0. The van der Waals surface area contributed by atoms with E-state index in [2.05, 4.69) is 26.1 Å². The molecule has 22 heavy (non-hydrogen) atoms. The van der Waals surface area contributed by atoms with Crippen LogP contribution in [0.5, 0.6) is 0 Å². The van der Waals surface area contributed by atoms with Gasteiger partial charge in [-0.2, -0.15) is 0 Å². The first kappa shape index (κ1) is 16.0. The molecule has 0 saturated heterocycles. The monoisotopic (exact) mass is 295 g/mol. The van der Waals surface area contributed by atoms with Crippen LogP contribution in [-0.4, -0.2) is 11.7 Å². The smallest absolute Gasteiger partial charge is 0.255 e. The third-order valence-electron chi connectivity index (χ3n) is 3.56. The Morgan fingerprint density at radius 1 is 0.818 bits per heavy atom. The predicted octanol–water partition coefficient (Wildman–Crippen LogP) is 4.44. The molecule has 0 spiro atoms. The average Bonchev–Trinajstić information content (AvgIpc) is 2.47. The lowest BCUT2D eigenvalue weighted by molar-refractivity contribution is 0.101. The van der Waals surface area contributed by atoms with E-state index in [-0.39, 0.29) is 17.1 Å². The normalized spacial score (nSPS) is 11.1. The number of amides is 1. The molecule has 1 N–H and O–H groups in total. The summed E-state index contributed by atoms with van der Waals surface area (Å²) in [6.07, 6.45) is 0. The van der Waals surface area contributed by atoms with Crippen LogP contribution in [0.25, 0.3) is 0 Å². The number of hydrogen-bond acceptors (Lipinski definition) is 2. The fraction of sp³-hybridized carbons (Fsp3) is 0.263. The van der Waals surface area contributed by atoms with Crippen LogP contribution in [-0.2, 0) is 5.41 Å². The van der Waals surface area contributed by atoms with Gasteiger partial charge in [-0.1, -0.05) is 32.9 Å². The molecule has 0 aliphatic heterocycles. The van der Waals surface area contributed by atoms with Crippen molar-refractivity contribution in [2.45, 2.75) is 33.1 Å². The molecule has 1 amide bonds. The van der Waals surface area contributed by atoms with Gasteiger partial charge in [0, 0.05) is 16.8 Å². The second-order valence-corrected chi connectivity index (χ2v) is 6.42. The van der Waals surface area contributed by atoms with E-state index in [9.17, 15) is 9.59 Å². The highest BCUT2D eigenvalue weighted by atomic mass is 16.1. The minimum Gasteiger partial charge on any atom is -0.322 e. The molecular formula is C19H21NO2. The lowest BCUT2D eigenvalue weighted by Crippen LogP contribution is -2.14. The molecule has 3 nitrogen and oxygen atoms in total. The fourth-order valence-electron chi connectivity index (χ4n) is 2.11. The molecule has 0 unspecified atom stereocenters. The van der Waals surface area contributed by atoms with Crippen molar-refractivity contribution in [3.8, 4) is 0 Å². The van der Waals surface area contributed by atoms with Gasteiger partial charge in [0.25, 0.3) is 5.91 Å². The van der Waals surface area contributed by atoms with Crippen molar-refractivity contribution in [1.82, 2.24) is 0 Å². The van der Waals surface area contributed by atoms with E-state index in [0.29, 0.717) is 16.8 Å². The fourth-order valence-corrected chi connectivity index (χ4v) is 2.11. The third kappa shape index (κ3) is 3.82. The highest BCUT2D eigenvalue weighted by Crippen LogP contribution is 2.22. The lowest BCUT2D eigenvalue weighted by atomic mass is 9.87. The van der Waals surface area contributed by atoms with E-state index < -0.39 is 0 Å². The zero-order valence-electron chi connectivity index (χ0n) is 13.4. The number of hydrogen-bond donors (Lipinski definition) is 1. The topological polar surface area (TPSA) is 46.2 Å². The van der Waals surface area contributed by atoms with E-state index in [4.69, 9.17) is 0 Å². The Bertz CT molecular complexity index is 677. The molecule has 0 aliphatic rings. The van der Waals surface area contributed by atoms with Gasteiger partial charge in [-0.25, -0.2) is 0 Å². The second kappa shape index (κ2) is 6.14. The van der Waals surface area contributed by atoms with Gasteiger partial charge in [0.15, 0.2) is 5.78 Å². The number of carbonyl (C=O) groups is 2. The molecule has 3 heteroatoms. The molecule has 2 aromatic rings. The Balaban J connectivity index is 2.10. The molecule has 0 saturated carbocycles. The lowest BCUT2D eigenvalue weighted by Gasteiger charge is -2.19. The first-order chi connectivity index (χ1) is 10.3. The van der Waals surface area contributed by atoms with Crippen LogP contribution >= 0.6 is 0 Å². The van der Waals surface area contributed by atoms with Crippen LogP contribution in [0, 0.1) is 0 Å². The summed E-state index contributed by atoms with van der Waals surface area (Å²) in [6, 6.07) is 14.5. The summed E-state index contributed by atoms with van der Waals surface area (Å²) < 4.78 is 0. The highest BCUT2D eigenvalue weighted by molar-refractivity contribution is 6.04. The van der Waals surface area contributed by atoms with Crippen molar-refractivity contribution < 1.29 is 9.59 Å². The summed E-state index contributed by atoms with van der Waals surface area (Å²) in [6.45, 7) is 7.93. The number of nitrogens with one attached hydrogen (secondary N) is 1. The quantitative estimate of drug-likeness (QED) is 0.851. The molecular weight excluding hydrogens is 274 g/mol. The van der Waals surface area contributed by atoms with Crippen molar-refractivity contribution in [3.63, 3.8) is 0 Å². The molecule has 114 valence electrons. The molecule has 0 radical (unpaired) electrons. The van der Waals surface area contributed by atoms with Crippen molar-refractivity contribution in [3.05, 3.63) is 65.2 Å². The summed E-state index contributed by atoms with van der Waals surface area (Å²) in [5, 5.41) is 2.83. The van der Waals surface area contributed by atoms with Crippen molar-refractivity contribution in [1.29, 1.82) is 0 Å². The molecule has 2 aromatic carbocycles. The number of Topliss-reactive ketones (excluding diaryl/α,β-unsaturated/α-hetero) is 1. The van der Waals surface area contributed by atoms with E-state index in [1.807, 2.05) is 24.3 Å². The van der Waals surface area contributed by atoms with Gasteiger partial charge in [-0.15, -0.1) is 0 Å². The summed E-state index contributed by atoms with van der Waals surface area (Å²) in [5.74, 6) is -0.147. The SMILES string of the molecule is CC(=O)c1ccc(NC(=O)c2ccc(C(C)(C)C)cc2)cc1. The van der Waals surface area contributed by atoms with Crippen LogP contribution < -0.4 is 5.32 Å². The van der Waals surface area contributed by atoms with Crippen molar-refractivity contribution >= 4 is 17.4 Å². The van der Waals surface area contributed by atoms with Gasteiger partial charge in [0.1, 0.15) is 0 Å². The number of anilines is 1. The minimum atomic E-state index is -0.156. The van der Waals surface area contributed by atoms with E-state index >= 15 is 0 Å². The maximum absolute atomic E-state index is 12.2. The summed E-state index contributed by atoms with van der Waals surface area (Å²) in [5.41, 5.74) is 3.18. The molecule has 0 aromatic heterocycles. The first-order valence-electron chi connectivity index (χ1n) is 7.30. The Morgan fingerprint density at radius 2 is 1.32 bits per heavy atom. The van der Waals surface area contributed by atoms with Crippen molar-refractivity contribution in [2.24, 2.45) is 0 Å². The summed E-state index contributed by atoms with van der Waals surface area (Å²) >= 11 is 0. The first-order valence-corrected chi connectivity index (χ1v) is 7.30. The van der Waals surface area contributed by atoms with Gasteiger partial charge >= 0.3 is 0 Å². The largest absolute Gasteiger partial charge is 0.322 e. The number of carbonyl (C=O) groups excluding carboxylic acids is 2. The van der Waals surface area contributed by atoms with Gasteiger partial charge in [-0.05, 0) is 54.3 Å². The van der Waals surface area contributed by atoms with E-state index in [1.54, 1.807) is 24.3 Å². The van der Waals surface area contributed by atoms with Gasteiger partial charge in [-0.3, -0.25) is 9.59 Å². The van der Waals surface area contributed by atoms with E-state index in [1.165, 1.54) is 12.5 Å². The third-order valence-corrected chi connectivity index (χ3v) is 3.56. The number of ketones is 1. The molecule has 0 fully saturated rings. The number of rotatable bonds is 3. The van der Waals surface area contributed by atoms with Crippen LogP contribution in [0.2, 0.25) is 0 Å². The minimum absolute atomic E-state index is 0.00986. The molecule has 0 atom stereocenters. The molecule has 0 aliphatic carbocycles. The second-order valence-electron chi connectivity index (χ2n) is 6.42. The standard InChI is InChI=1S/C19H21NO2/c1-13(21)14-7-11-17(12-8-14)20-18(22)15-5-9-16(10-6-15)19(2,3)4/h5-12H,1-4H3,(H,20,22). The highest BCUT2D eigenvalue weighted by Gasteiger charge is 2.14. The van der Waals surface area contributed by atoms with Crippen molar-refractivity contribution in [2.75, 3.05) is 5.32 Å². The van der Waals surface area contributed by atoms with Crippen LogP contribution in [0.1, 0.15) is 54.0 Å². The predicted molar refractivity (Wildman–Crippen MR) is 89.5 cm³/mol.